The summed E-state index contributed by atoms with van der Waals surface area (Å²) in [5.41, 5.74) is 5.26. The molecule has 0 aliphatic heterocycles. The summed E-state index contributed by atoms with van der Waals surface area (Å²) in [5.74, 6) is -1.48. The fourth-order valence-corrected chi connectivity index (χ4v) is 1.79. The van der Waals surface area contributed by atoms with Crippen LogP contribution in [0.5, 0.6) is 0 Å². The molecule has 1 aromatic rings. The molecule has 1 amide bonds. The van der Waals surface area contributed by atoms with Gasteiger partial charge in [0.05, 0.1) is 18.1 Å². The van der Waals surface area contributed by atoms with Crippen LogP contribution in [-0.4, -0.2) is 28.4 Å². The zero-order valence-electron chi connectivity index (χ0n) is 9.77. The summed E-state index contributed by atoms with van der Waals surface area (Å²) in [4.78, 5) is 17.3. The Morgan fingerprint density at radius 3 is 3.00 bits per heavy atom. The Kier molecular flexibility index (Phi) is 3.42. The zero-order chi connectivity index (χ0) is 13.1. The molecule has 1 aliphatic rings. The molecule has 1 aromatic heterocycles. The first-order valence-electron chi connectivity index (χ1n) is 5.73. The summed E-state index contributed by atoms with van der Waals surface area (Å²) in [6.07, 6.45) is 3.35. The number of nitrogens with two attached hydrogens (primary N) is 1. The molecule has 0 aromatic carbocycles. The van der Waals surface area contributed by atoms with E-state index in [1.807, 2.05) is 6.07 Å². The van der Waals surface area contributed by atoms with Crippen LogP contribution in [0.1, 0.15) is 29.6 Å². The van der Waals surface area contributed by atoms with Crippen LogP contribution in [0.4, 0.5) is 10.2 Å². The summed E-state index contributed by atoms with van der Waals surface area (Å²) in [6, 6.07) is 3.43. The highest BCUT2D eigenvalue weighted by molar-refractivity contribution is 5.95. The SMILES string of the molecule is N#CCCN(C(=O)c1ccnc(N)c1F)C1CC1. The number of nitrogen functional groups attached to an aromatic ring is 1. The van der Waals surface area contributed by atoms with Crippen molar-refractivity contribution < 1.29 is 9.18 Å². The highest BCUT2D eigenvalue weighted by atomic mass is 19.1. The van der Waals surface area contributed by atoms with Crippen molar-refractivity contribution in [2.24, 2.45) is 0 Å². The van der Waals surface area contributed by atoms with Crippen LogP contribution < -0.4 is 5.73 Å². The molecule has 2 N–H and O–H groups in total. The third-order valence-electron chi connectivity index (χ3n) is 2.86. The number of rotatable bonds is 4. The second-order valence-corrected chi connectivity index (χ2v) is 4.20. The van der Waals surface area contributed by atoms with E-state index in [4.69, 9.17) is 11.0 Å². The van der Waals surface area contributed by atoms with E-state index in [-0.39, 0.29) is 23.8 Å². The molecular formula is C12H13FN4O. The van der Waals surface area contributed by atoms with Gasteiger partial charge < -0.3 is 10.6 Å². The molecule has 2 rings (SSSR count). The number of amides is 1. The number of halogens is 1. The first kappa shape index (κ1) is 12.3. The normalized spacial score (nSPS) is 14.0. The largest absolute Gasteiger partial charge is 0.381 e. The number of anilines is 1. The van der Waals surface area contributed by atoms with Gasteiger partial charge in [-0.1, -0.05) is 0 Å². The number of pyridine rings is 1. The van der Waals surface area contributed by atoms with Crippen LogP contribution in [0.25, 0.3) is 0 Å². The number of carbonyl (C=O) groups is 1. The number of nitrogens with zero attached hydrogens (tertiary/aromatic N) is 3. The van der Waals surface area contributed by atoms with Crippen LogP contribution >= 0.6 is 0 Å². The lowest BCUT2D eigenvalue weighted by Gasteiger charge is -2.21. The molecule has 0 spiro atoms. The first-order chi connectivity index (χ1) is 8.65. The Bertz CT molecular complexity index is 507. The van der Waals surface area contributed by atoms with Gasteiger partial charge in [-0.2, -0.15) is 5.26 Å². The second-order valence-electron chi connectivity index (χ2n) is 4.20. The Hall–Kier alpha value is -2.16. The minimum atomic E-state index is -0.787. The molecule has 0 unspecified atom stereocenters. The maximum Gasteiger partial charge on any atom is 0.257 e. The number of aromatic nitrogens is 1. The number of hydrogen-bond acceptors (Lipinski definition) is 4. The monoisotopic (exact) mass is 248 g/mol. The van der Waals surface area contributed by atoms with Crippen LogP contribution in [0.3, 0.4) is 0 Å². The van der Waals surface area contributed by atoms with Crippen molar-refractivity contribution in [3.05, 3.63) is 23.6 Å². The fourth-order valence-electron chi connectivity index (χ4n) is 1.79. The van der Waals surface area contributed by atoms with Gasteiger partial charge in [-0.05, 0) is 18.9 Å². The van der Waals surface area contributed by atoms with Crippen LogP contribution in [0, 0.1) is 17.1 Å². The number of hydrogen-bond donors (Lipinski definition) is 1. The molecule has 18 heavy (non-hydrogen) atoms. The minimum absolute atomic E-state index is 0.0765. The van der Waals surface area contributed by atoms with Gasteiger partial charge in [0.25, 0.3) is 5.91 Å². The Morgan fingerprint density at radius 1 is 1.67 bits per heavy atom. The number of carbonyl (C=O) groups excluding carboxylic acids is 1. The average Bonchev–Trinajstić information content (AvgIpc) is 3.17. The topological polar surface area (TPSA) is 83.0 Å². The molecule has 94 valence electrons. The molecule has 0 bridgehead atoms. The van der Waals surface area contributed by atoms with Gasteiger partial charge in [0.1, 0.15) is 0 Å². The first-order valence-corrected chi connectivity index (χ1v) is 5.73. The highest BCUT2D eigenvalue weighted by Crippen LogP contribution is 2.29. The molecule has 6 heteroatoms. The van der Waals surface area contributed by atoms with Crippen molar-refractivity contribution in [3.8, 4) is 6.07 Å². The summed E-state index contributed by atoms with van der Waals surface area (Å²) < 4.78 is 13.7. The predicted molar refractivity (Wildman–Crippen MR) is 62.9 cm³/mol. The van der Waals surface area contributed by atoms with Crippen molar-refractivity contribution in [2.75, 3.05) is 12.3 Å². The minimum Gasteiger partial charge on any atom is -0.381 e. The molecule has 0 atom stereocenters. The lowest BCUT2D eigenvalue weighted by atomic mass is 10.2. The van der Waals surface area contributed by atoms with E-state index in [1.165, 1.54) is 12.3 Å². The smallest absolute Gasteiger partial charge is 0.257 e. The van der Waals surface area contributed by atoms with Crippen LogP contribution in [-0.2, 0) is 0 Å². The summed E-state index contributed by atoms with van der Waals surface area (Å²) >= 11 is 0. The lowest BCUT2D eigenvalue weighted by molar-refractivity contribution is 0.0742. The van der Waals surface area contributed by atoms with Gasteiger partial charge in [0.2, 0.25) is 0 Å². The van der Waals surface area contributed by atoms with Crippen LogP contribution in [0.2, 0.25) is 0 Å². The van der Waals surface area contributed by atoms with E-state index in [0.29, 0.717) is 6.54 Å². The Morgan fingerprint density at radius 2 is 2.39 bits per heavy atom. The molecule has 1 fully saturated rings. The van der Waals surface area contributed by atoms with Crippen molar-refractivity contribution in [1.29, 1.82) is 5.26 Å². The average molecular weight is 248 g/mol. The molecule has 5 nitrogen and oxygen atoms in total. The maximum atomic E-state index is 13.7. The van der Waals surface area contributed by atoms with Crippen LogP contribution in [0.15, 0.2) is 12.3 Å². The molecular weight excluding hydrogens is 235 g/mol. The van der Waals surface area contributed by atoms with Crippen molar-refractivity contribution >= 4 is 11.7 Å². The van der Waals surface area contributed by atoms with Gasteiger partial charge in [0, 0.05) is 18.8 Å². The quantitative estimate of drug-likeness (QED) is 0.871. The van der Waals surface area contributed by atoms with Gasteiger partial charge in [-0.15, -0.1) is 0 Å². The third-order valence-corrected chi connectivity index (χ3v) is 2.86. The van der Waals surface area contributed by atoms with Gasteiger partial charge in [0.15, 0.2) is 11.6 Å². The summed E-state index contributed by atoms with van der Waals surface area (Å²) in [7, 11) is 0. The van der Waals surface area contributed by atoms with E-state index in [1.54, 1.807) is 4.90 Å². The molecule has 0 saturated heterocycles. The van der Waals surface area contributed by atoms with E-state index >= 15 is 0 Å². The van der Waals surface area contributed by atoms with Crippen molar-refractivity contribution in [2.45, 2.75) is 25.3 Å². The zero-order valence-corrected chi connectivity index (χ0v) is 9.77. The molecule has 0 radical (unpaired) electrons. The van der Waals surface area contributed by atoms with Gasteiger partial charge in [-0.3, -0.25) is 4.79 Å². The maximum absolute atomic E-state index is 13.7. The van der Waals surface area contributed by atoms with E-state index in [9.17, 15) is 9.18 Å². The summed E-state index contributed by atoms with van der Waals surface area (Å²) in [6.45, 7) is 0.321. The molecule has 1 aliphatic carbocycles. The third kappa shape index (κ3) is 2.40. The fraction of sp³-hybridized carbons (Fsp3) is 0.417. The predicted octanol–water partition coefficient (Wildman–Crippen LogP) is 1.32. The number of nitriles is 1. The van der Waals surface area contributed by atoms with Gasteiger partial charge in [-0.25, -0.2) is 9.37 Å². The van der Waals surface area contributed by atoms with E-state index in [2.05, 4.69) is 4.98 Å². The Labute approximate surface area is 104 Å². The van der Waals surface area contributed by atoms with Crippen molar-refractivity contribution in [1.82, 2.24) is 9.88 Å². The van der Waals surface area contributed by atoms with Crippen molar-refractivity contribution in [3.63, 3.8) is 0 Å². The molecule has 1 saturated carbocycles. The van der Waals surface area contributed by atoms with E-state index in [0.717, 1.165) is 12.8 Å². The highest BCUT2D eigenvalue weighted by Gasteiger charge is 2.33. The Balaban J connectivity index is 2.22. The lowest BCUT2D eigenvalue weighted by Crippen LogP contribution is -2.34. The van der Waals surface area contributed by atoms with E-state index < -0.39 is 11.7 Å². The second kappa shape index (κ2) is 5.00. The molecule has 1 heterocycles. The summed E-state index contributed by atoms with van der Waals surface area (Å²) in [5, 5.41) is 8.58. The van der Waals surface area contributed by atoms with Gasteiger partial charge >= 0.3 is 0 Å². The standard InChI is InChI=1S/C12H13FN4O/c13-10-9(4-6-16-11(10)15)12(18)17(7-1-5-14)8-2-3-8/h4,6,8H,1-3,7H2,(H2,15,16).